The Balaban J connectivity index is 1.73. The molecule has 1 aliphatic rings. The molecule has 3 heteroatoms. The van der Waals surface area contributed by atoms with E-state index in [4.69, 9.17) is 0 Å². The zero-order valence-corrected chi connectivity index (χ0v) is 15.8. The number of rotatable bonds is 5. The van der Waals surface area contributed by atoms with E-state index in [2.05, 4.69) is 97.9 Å². The summed E-state index contributed by atoms with van der Waals surface area (Å²) in [6, 6.07) is 21.9. The predicted octanol–water partition coefficient (Wildman–Crippen LogP) is 3.87. The van der Waals surface area contributed by atoms with E-state index in [1.165, 1.54) is 22.5 Å². The summed E-state index contributed by atoms with van der Waals surface area (Å²) < 4.78 is 0. The third-order valence-corrected chi connectivity index (χ3v) is 6.83. The van der Waals surface area contributed by atoms with E-state index in [0.29, 0.717) is 0 Å². The van der Waals surface area contributed by atoms with Crippen LogP contribution in [0.3, 0.4) is 0 Å². The Kier molecular flexibility index (Phi) is 5.26. The second kappa shape index (κ2) is 7.40. The maximum absolute atomic E-state index is 3.54. The van der Waals surface area contributed by atoms with Crippen LogP contribution < -0.4 is 15.9 Å². The van der Waals surface area contributed by atoms with Crippen LogP contribution in [0.4, 0.5) is 0 Å². The number of hydrogen-bond acceptors (Lipinski definition) is 2. The summed E-state index contributed by atoms with van der Waals surface area (Å²) in [6.07, 6.45) is 3.49. The Hall–Kier alpha value is -1.79. The van der Waals surface area contributed by atoms with E-state index < -0.39 is 0 Å². The number of allylic oxidation sites excluding steroid dienone is 1. The van der Waals surface area contributed by atoms with Gasteiger partial charge in [0.05, 0.1) is 6.67 Å². The van der Waals surface area contributed by atoms with Gasteiger partial charge in [0.25, 0.3) is 0 Å². The fourth-order valence-electron chi connectivity index (χ4n) is 2.91. The molecule has 0 aromatic heterocycles. The SMILES string of the molecule is CC(C)(C)C1=CN(CCP(c2ccccc2)c2ccccc2)CN1. The highest BCUT2D eigenvalue weighted by atomic mass is 31.1. The molecule has 0 saturated carbocycles. The lowest BCUT2D eigenvalue weighted by molar-refractivity contribution is 0.409. The van der Waals surface area contributed by atoms with Crippen molar-refractivity contribution in [3.05, 3.63) is 72.6 Å². The lowest BCUT2D eigenvalue weighted by atomic mass is 9.93. The van der Waals surface area contributed by atoms with Gasteiger partial charge in [-0.05, 0) is 24.7 Å². The van der Waals surface area contributed by atoms with E-state index in [-0.39, 0.29) is 13.3 Å². The largest absolute Gasteiger partial charge is 0.370 e. The Morgan fingerprint density at radius 3 is 1.92 bits per heavy atom. The van der Waals surface area contributed by atoms with Crippen molar-refractivity contribution in [1.29, 1.82) is 0 Å². The van der Waals surface area contributed by atoms with Crippen molar-refractivity contribution >= 4 is 18.5 Å². The van der Waals surface area contributed by atoms with Crippen LogP contribution in [0, 0.1) is 5.41 Å². The third-order valence-electron chi connectivity index (χ3n) is 4.34. The zero-order valence-electron chi connectivity index (χ0n) is 14.9. The molecule has 1 aliphatic heterocycles. The summed E-state index contributed by atoms with van der Waals surface area (Å²) in [6.45, 7) is 8.80. The summed E-state index contributed by atoms with van der Waals surface area (Å²) in [4.78, 5) is 2.42. The standard InChI is InChI=1S/C21H27N2P/c1-21(2,3)20-16-23(17-22-20)14-15-24(18-10-6-4-7-11-18)19-12-8-5-9-13-19/h4-13,16,22H,14-15,17H2,1-3H3. The molecule has 2 nitrogen and oxygen atoms in total. The summed E-state index contributed by atoms with van der Waals surface area (Å²) in [5.41, 5.74) is 1.53. The van der Waals surface area contributed by atoms with Gasteiger partial charge in [0, 0.05) is 23.9 Å². The Morgan fingerprint density at radius 2 is 1.46 bits per heavy atom. The number of benzene rings is 2. The Labute approximate surface area is 147 Å². The van der Waals surface area contributed by atoms with Gasteiger partial charge in [-0.3, -0.25) is 0 Å². The monoisotopic (exact) mass is 338 g/mol. The molecule has 0 bridgehead atoms. The van der Waals surface area contributed by atoms with E-state index in [0.717, 1.165) is 13.2 Å². The van der Waals surface area contributed by atoms with Gasteiger partial charge in [0.2, 0.25) is 0 Å². The molecule has 0 radical (unpaired) electrons. The number of nitrogens with one attached hydrogen (secondary N) is 1. The summed E-state index contributed by atoms with van der Waals surface area (Å²) in [5, 5.41) is 6.47. The molecule has 0 atom stereocenters. The molecule has 1 heterocycles. The lowest BCUT2D eigenvalue weighted by Gasteiger charge is -2.22. The van der Waals surface area contributed by atoms with Crippen molar-refractivity contribution in [3.63, 3.8) is 0 Å². The van der Waals surface area contributed by atoms with Gasteiger partial charge in [0.1, 0.15) is 0 Å². The van der Waals surface area contributed by atoms with Crippen LogP contribution >= 0.6 is 7.92 Å². The first-order valence-corrected chi connectivity index (χ1v) is 10.1. The Bertz CT molecular complexity index is 634. The first kappa shape index (κ1) is 17.0. The quantitative estimate of drug-likeness (QED) is 0.833. The average Bonchev–Trinajstić information content (AvgIpc) is 3.06. The predicted molar refractivity (Wildman–Crippen MR) is 106 cm³/mol. The van der Waals surface area contributed by atoms with Crippen molar-refractivity contribution in [2.45, 2.75) is 20.8 Å². The molecule has 126 valence electrons. The maximum Gasteiger partial charge on any atom is 0.0870 e. The number of hydrogen-bond donors (Lipinski definition) is 1. The van der Waals surface area contributed by atoms with E-state index in [9.17, 15) is 0 Å². The molecule has 0 spiro atoms. The van der Waals surface area contributed by atoms with Crippen LogP contribution in [0.1, 0.15) is 20.8 Å². The van der Waals surface area contributed by atoms with Gasteiger partial charge in [-0.15, -0.1) is 0 Å². The van der Waals surface area contributed by atoms with Gasteiger partial charge >= 0.3 is 0 Å². The van der Waals surface area contributed by atoms with Crippen LogP contribution in [0.25, 0.3) is 0 Å². The van der Waals surface area contributed by atoms with Gasteiger partial charge in [0.15, 0.2) is 0 Å². The van der Waals surface area contributed by atoms with Crippen molar-refractivity contribution in [1.82, 2.24) is 10.2 Å². The summed E-state index contributed by atoms with van der Waals surface area (Å²) in [5.74, 6) is 0. The first-order chi connectivity index (χ1) is 11.5. The van der Waals surface area contributed by atoms with Crippen molar-refractivity contribution < 1.29 is 0 Å². The fraction of sp³-hybridized carbons (Fsp3) is 0.333. The maximum atomic E-state index is 3.54. The van der Waals surface area contributed by atoms with Gasteiger partial charge < -0.3 is 10.2 Å². The summed E-state index contributed by atoms with van der Waals surface area (Å²) >= 11 is 0. The minimum Gasteiger partial charge on any atom is -0.370 e. The molecule has 3 rings (SSSR count). The van der Waals surface area contributed by atoms with Crippen LogP contribution in [0.5, 0.6) is 0 Å². The molecule has 0 aliphatic carbocycles. The minimum atomic E-state index is -0.308. The molecule has 0 unspecified atom stereocenters. The highest BCUT2D eigenvalue weighted by molar-refractivity contribution is 7.73. The first-order valence-electron chi connectivity index (χ1n) is 8.62. The number of nitrogens with zero attached hydrogens (tertiary/aromatic N) is 1. The highest BCUT2D eigenvalue weighted by Crippen LogP contribution is 2.34. The van der Waals surface area contributed by atoms with Crippen molar-refractivity contribution in [2.75, 3.05) is 19.4 Å². The zero-order chi connectivity index (χ0) is 17.0. The average molecular weight is 338 g/mol. The summed E-state index contributed by atoms with van der Waals surface area (Å²) in [7, 11) is -0.308. The van der Waals surface area contributed by atoms with Gasteiger partial charge in [-0.2, -0.15) is 0 Å². The molecule has 0 saturated heterocycles. The van der Waals surface area contributed by atoms with Crippen LogP contribution in [0.2, 0.25) is 0 Å². The molecule has 0 fully saturated rings. The second-order valence-corrected chi connectivity index (χ2v) is 9.60. The van der Waals surface area contributed by atoms with Gasteiger partial charge in [-0.25, -0.2) is 0 Å². The topological polar surface area (TPSA) is 15.3 Å². The van der Waals surface area contributed by atoms with Gasteiger partial charge in [-0.1, -0.05) is 81.4 Å². The smallest absolute Gasteiger partial charge is 0.0870 e. The van der Waals surface area contributed by atoms with Crippen LogP contribution in [-0.2, 0) is 0 Å². The second-order valence-electron chi connectivity index (χ2n) is 7.26. The minimum absolute atomic E-state index is 0.193. The molecular weight excluding hydrogens is 311 g/mol. The Morgan fingerprint density at radius 1 is 0.917 bits per heavy atom. The molecular formula is C21H27N2P. The molecule has 24 heavy (non-hydrogen) atoms. The molecule has 0 amide bonds. The van der Waals surface area contributed by atoms with Crippen molar-refractivity contribution in [3.8, 4) is 0 Å². The van der Waals surface area contributed by atoms with E-state index in [1.807, 2.05) is 0 Å². The third kappa shape index (κ3) is 4.19. The van der Waals surface area contributed by atoms with E-state index in [1.54, 1.807) is 0 Å². The fourth-order valence-corrected chi connectivity index (χ4v) is 5.25. The normalized spacial score (nSPS) is 14.7. The molecule has 2 aromatic carbocycles. The lowest BCUT2D eigenvalue weighted by Crippen LogP contribution is -2.27. The van der Waals surface area contributed by atoms with Crippen LogP contribution in [0.15, 0.2) is 72.6 Å². The molecule has 2 aromatic rings. The van der Waals surface area contributed by atoms with Crippen molar-refractivity contribution in [2.24, 2.45) is 5.41 Å². The molecule has 1 N–H and O–H groups in total. The van der Waals surface area contributed by atoms with Crippen LogP contribution in [-0.4, -0.2) is 24.3 Å². The van der Waals surface area contributed by atoms with E-state index >= 15 is 0 Å². The highest BCUT2D eigenvalue weighted by Gasteiger charge is 2.23.